The summed E-state index contributed by atoms with van der Waals surface area (Å²) in [7, 11) is 0. The molecule has 1 fully saturated rings. The molecule has 108 valence electrons. The van der Waals surface area contributed by atoms with E-state index in [4.69, 9.17) is 21.4 Å². The van der Waals surface area contributed by atoms with Crippen LogP contribution >= 0.6 is 11.6 Å². The Hall–Kier alpha value is -1.66. The highest BCUT2D eigenvalue weighted by atomic mass is 35.5. The van der Waals surface area contributed by atoms with Crippen LogP contribution in [0.5, 0.6) is 0 Å². The minimum absolute atomic E-state index is 0.0141. The molecule has 1 aliphatic rings. The fourth-order valence-corrected chi connectivity index (χ4v) is 2.17. The summed E-state index contributed by atoms with van der Waals surface area (Å²) in [5, 5.41) is 11.4. The molecule has 1 aromatic carbocycles. The van der Waals surface area contributed by atoms with E-state index >= 15 is 0 Å². The second-order valence-corrected chi connectivity index (χ2v) is 4.90. The molecule has 0 saturated carbocycles. The fraction of sp³-hybridized carbons (Fsp3) is 0.385. The van der Waals surface area contributed by atoms with Crippen molar-refractivity contribution in [2.45, 2.75) is 31.6 Å². The number of amides is 1. The van der Waals surface area contributed by atoms with Crippen LogP contribution in [-0.2, 0) is 20.9 Å². The lowest BCUT2D eigenvalue weighted by molar-refractivity contribution is -0.151. The number of aliphatic carboxylic acids is 1. The molecule has 20 heavy (non-hydrogen) atoms. The summed E-state index contributed by atoms with van der Waals surface area (Å²) in [4.78, 5) is 22.5. The number of carboxylic acid groups (broad SMARTS) is 1. The van der Waals surface area contributed by atoms with Crippen molar-refractivity contribution in [1.29, 1.82) is 0 Å². The van der Waals surface area contributed by atoms with Crippen LogP contribution in [0.2, 0.25) is 5.02 Å². The first kappa shape index (κ1) is 14.7. The monoisotopic (exact) mass is 301 g/mol. The van der Waals surface area contributed by atoms with Gasteiger partial charge < -0.3 is 15.2 Å². The number of benzene rings is 1. The third-order valence-corrected chi connectivity index (χ3v) is 3.33. The molecule has 1 amide bonds. The van der Waals surface area contributed by atoms with E-state index in [1.807, 2.05) is 0 Å². The van der Waals surface area contributed by atoms with Crippen molar-refractivity contribution in [3.63, 3.8) is 0 Å². The van der Waals surface area contributed by atoms with Gasteiger partial charge in [0.05, 0.1) is 5.02 Å². The van der Waals surface area contributed by atoms with Gasteiger partial charge in [0.2, 0.25) is 5.91 Å². The number of hydrogen-bond acceptors (Lipinski definition) is 3. The number of carbonyl (C=O) groups is 2. The third kappa shape index (κ3) is 3.46. The van der Waals surface area contributed by atoms with Crippen molar-refractivity contribution in [2.24, 2.45) is 0 Å². The first-order valence-electron chi connectivity index (χ1n) is 6.07. The van der Waals surface area contributed by atoms with Crippen LogP contribution in [0.1, 0.15) is 18.4 Å². The molecule has 2 atom stereocenters. The van der Waals surface area contributed by atoms with E-state index in [9.17, 15) is 14.0 Å². The quantitative estimate of drug-likeness (QED) is 0.888. The zero-order valence-corrected chi connectivity index (χ0v) is 11.2. The molecule has 1 aliphatic heterocycles. The van der Waals surface area contributed by atoms with E-state index in [1.165, 1.54) is 18.2 Å². The molecule has 2 rings (SSSR count). The van der Waals surface area contributed by atoms with Crippen molar-refractivity contribution in [3.05, 3.63) is 34.6 Å². The Morgan fingerprint density at radius 1 is 1.40 bits per heavy atom. The lowest BCUT2D eigenvalue weighted by Gasteiger charge is -2.12. The predicted molar refractivity (Wildman–Crippen MR) is 68.8 cm³/mol. The summed E-state index contributed by atoms with van der Waals surface area (Å²) < 4.78 is 18.1. The SMILES string of the molecule is O=C(O)C1CCC(C(=O)NCc2ccc(F)c(Cl)c2)O1. The highest BCUT2D eigenvalue weighted by Gasteiger charge is 2.34. The largest absolute Gasteiger partial charge is 0.479 e. The Bertz CT molecular complexity index is 537. The van der Waals surface area contributed by atoms with Crippen molar-refractivity contribution >= 4 is 23.5 Å². The second kappa shape index (κ2) is 6.19. The zero-order chi connectivity index (χ0) is 14.7. The molecule has 0 bridgehead atoms. The van der Waals surface area contributed by atoms with Gasteiger partial charge in [0.25, 0.3) is 0 Å². The van der Waals surface area contributed by atoms with Crippen LogP contribution in [0.3, 0.4) is 0 Å². The Labute approximate surface area is 119 Å². The molecule has 0 radical (unpaired) electrons. The number of hydrogen-bond donors (Lipinski definition) is 2. The molecule has 2 unspecified atom stereocenters. The summed E-state index contributed by atoms with van der Waals surface area (Å²) in [6.07, 6.45) is -0.999. The van der Waals surface area contributed by atoms with Crippen molar-refractivity contribution in [3.8, 4) is 0 Å². The fourth-order valence-electron chi connectivity index (χ4n) is 1.96. The Morgan fingerprint density at radius 2 is 2.10 bits per heavy atom. The zero-order valence-electron chi connectivity index (χ0n) is 10.4. The average molecular weight is 302 g/mol. The molecule has 7 heteroatoms. The van der Waals surface area contributed by atoms with E-state index in [0.717, 1.165) is 0 Å². The minimum atomic E-state index is -1.06. The van der Waals surface area contributed by atoms with Crippen molar-refractivity contribution < 1.29 is 23.8 Å². The van der Waals surface area contributed by atoms with Gasteiger partial charge in [0.15, 0.2) is 6.10 Å². The maximum Gasteiger partial charge on any atom is 0.332 e. The van der Waals surface area contributed by atoms with Crippen molar-refractivity contribution in [1.82, 2.24) is 5.32 Å². The van der Waals surface area contributed by atoms with Crippen LogP contribution in [0.15, 0.2) is 18.2 Å². The summed E-state index contributed by atoms with van der Waals surface area (Å²) in [5.41, 5.74) is 0.650. The van der Waals surface area contributed by atoms with Crippen LogP contribution in [-0.4, -0.2) is 29.2 Å². The van der Waals surface area contributed by atoms with Gasteiger partial charge in [-0.15, -0.1) is 0 Å². The summed E-state index contributed by atoms with van der Waals surface area (Å²) in [5.74, 6) is -1.97. The van der Waals surface area contributed by atoms with Gasteiger partial charge in [0, 0.05) is 6.54 Å². The standard InChI is InChI=1S/C13H13ClFNO4/c14-8-5-7(1-2-9(8)15)6-16-12(17)10-3-4-11(20-10)13(18)19/h1-2,5,10-11H,3-4,6H2,(H,16,17)(H,18,19). The van der Waals surface area contributed by atoms with E-state index in [-0.39, 0.29) is 17.5 Å². The molecule has 0 spiro atoms. The Balaban J connectivity index is 1.86. The van der Waals surface area contributed by atoms with Crippen LogP contribution in [0.4, 0.5) is 4.39 Å². The van der Waals surface area contributed by atoms with E-state index in [0.29, 0.717) is 18.4 Å². The van der Waals surface area contributed by atoms with Gasteiger partial charge in [-0.25, -0.2) is 9.18 Å². The van der Waals surface area contributed by atoms with Crippen molar-refractivity contribution in [2.75, 3.05) is 0 Å². The van der Waals surface area contributed by atoms with Crippen LogP contribution < -0.4 is 5.32 Å². The summed E-state index contributed by atoms with van der Waals surface area (Å²) >= 11 is 5.63. The number of carbonyl (C=O) groups excluding carboxylic acids is 1. The first-order chi connectivity index (χ1) is 9.47. The molecule has 1 saturated heterocycles. The number of carboxylic acids is 1. The molecular formula is C13H13ClFNO4. The second-order valence-electron chi connectivity index (χ2n) is 4.50. The number of nitrogens with one attached hydrogen (secondary N) is 1. The Morgan fingerprint density at radius 3 is 2.70 bits per heavy atom. The third-order valence-electron chi connectivity index (χ3n) is 3.04. The van der Waals surface area contributed by atoms with Gasteiger partial charge >= 0.3 is 5.97 Å². The molecule has 0 aromatic heterocycles. The number of ether oxygens (including phenoxy) is 1. The van der Waals surface area contributed by atoms with Crippen LogP contribution in [0, 0.1) is 5.82 Å². The molecule has 1 heterocycles. The summed E-state index contributed by atoms with van der Waals surface area (Å²) in [6, 6.07) is 4.15. The molecule has 1 aromatic rings. The maximum absolute atomic E-state index is 13.0. The van der Waals surface area contributed by atoms with E-state index in [1.54, 1.807) is 0 Å². The Kier molecular flexibility index (Phi) is 4.57. The normalized spacial score (nSPS) is 21.7. The lowest BCUT2D eigenvalue weighted by Crippen LogP contribution is -2.35. The van der Waals surface area contributed by atoms with E-state index < -0.39 is 24.0 Å². The number of halogens is 2. The highest BCUT2D eigenvalue weighted by Crippen LogP contribution is 2.20. The minimum Gasteiger partial charge on any atom is -0.479 e. The van der Waals surface area contributed by atoms with E-state index in [2.05, 4.69) is 5.32 Å². The molecule has 2 N–H and O–H groups in total. The van der Waals surface area contributed by atoms with Gasteiger partial charge in [-0.2, -0.15) is 0 Å². The first-order valence-corrected chi connectivity index (χ1v) is 6.45. The molecule has 0 aliphatic carbocycles. The lowest BCUT2D eigenvalue weighted by atomic mass is 10.2. The van der Waals surface area contributed by atoms with Gasteiger partial charge in [-0.05, 0) is 30.5 Å². The smallest absolute Gasteiger partial charge is 0.332 e. The topological polar surface area (TPSA) is 75.6 Å². The number of rotatable bonds is 4. The highest BCUT2D eigenvalue weighted by molar-refractivity contribution is 6.30. The van der Waals surface area contributed by atoms with Gasteiger partial charge in [-0.3, -0.25) is 4.79 Å². The predicted octanol–water partition coefficient (Wildman–Crippen LogP) is 1.73. The van der Waals surface area contributed by atoms with Gasteiger partial charge in [0.1, 0.15) is 11.9 Å². The summed E-state index contributed by atoms with van der Waals surface area (Å²) in [6.45, 7) is 0.177. The average Bonchev–Trinajstić information content (AvgIpc) is 2.89. The molecule has 5 nitrogen and oxygen atoms in total. The maximum atomic E-state index is 13.0. The van der Waals surface area contributed by atoms with Gasteiger partial charge in [-0.1, -0.05) is 17.7 Å². The van der Waals surface area contributed by atoms with Crippen LogP contribution in [0.25, 0.3) is 0 Å². The molecular weight excluding hydrogens is 289 g/mol.